The fourth-order valence-corrected chi connectivity index (χ4v) is 4.60. The summed E-state index contributed by atoms with van der Waals surface area (Å²) >= 11 is 0. The molecule has 5 nitrogen and oxygen atoms in total. The van der Waals surface area contributed by atoms with E-state index in [1.807, 2.05) is 25.1 Å². The first kappa shape index (κ1) is 18.9. The van der Waals surface area contributed by atoms with Gasteiger partial charge >= 0.3 is 0 Å². The number of carbonyl (C=O) groups is 1. The van der Waals surface area contributed by atoms with Gasteiger partial charge in [-0.3, -0.25) is 4.79 Å². The maximum atomic E-state index is 12.0. The van der Waals surface area contributed by atoms with Gasteiger partial charge in [0.25, 0.3) is 0 Å². The van der Waals surface area contributed by atoms with Gasteiger partial charge in [0.15, 0.2) is 0 Å². The molecule has 1 N–H and O–H groups in total. The summed E-state index contributed by atoms with van der Waals surface area (Å²) in [6, 6.07) is 10.3. The highest BCUT2D eigenvalue weighted by Gasteiger charge is 2.27. The number of nitrogens with one attached hydrogen (secondary N) is 1. The van der Waals surface area contributed by atoms with Gasteiger partial charge in [-0.2, -0.15) is 0 Å². The molecule has 1 saturated heterocycles. The van der Waals surface area contributed by atoms with Crippen LogP contribution in [0.15, 0.2) is 30.3 Å². The lowest BCUT2D eigenvalue weighted by molar-refractivity contribution is -0.122. The van der Waals surface area contributed by atoms with Crippen LogP contribution in [0.5, 0.6) is 0 Å². The SMILES string of the molecule is CCCS(=O)(=O)N1CCC(NC(=O)CCCc2ccccc2)CC1. The van der Waals surface area contributed by atoms with Crippen LogP contribution >= 0.6 is 0 Å². The number of aryl methyl sites for hydroxylation is 1. The molecule has 1 aliphatic rings. The van der Waals surface area contributed by atoms with E-state index in [1.165, 1.54) is 5.56 Å². The van der Waals surface area contributed by atoms with E-state index in [0.717, 1.165) is 12.8 Å². The van der Waals surface area contributed by atoms with E-state index in [-0.39, 0.29) is 17.7 Å². The third-order valence-corrected chi connectivity index (χ3v) is 6.46. The number of rotatable bonds is 8. The average Bonchev–Trinajstić information content (AvgIpc) is 2.56. The quantitative estimate of drug-likeness (QED) is 0.781. The van der Waals surface area contributed by atoms with Crippen LogP contribution in [0.25, 0.3) is 0 Å². The third-order valence-electron chi connectivity index (χ3n) is 4.39. The third kappa shape index (κ3) is 5.91. The zero-order chi connectivity index (χ0) is 17.4. The minimum absolute atomic E-state index is 0.0702. The van der Waals surface area contributed by atoms with Crippen molar-refractivity contribution >= 4 is 15.9 Å². The van der Waals surface area contributed by atoms with E-state index in [2.05, 4.69) is 17.4 Å². The normalized spacial score (nSPS) is 16.9. The Labute approximate surface area is 145 Å². The van der Waals surface area contributed by atoms with Crippen LogP contribution in [-0.2, 0) is 21.2 Å². The van der Waals surface area contributed by atoms with Gasteiger partial charge < -0.3 is 5.32 Å². The summed E-state index contributed by atoms with van der Waals surface area (Å²) in [5.74, 6) is 0.282. The van der Waals surface area contributed by atoms with Crippen molar-refractivity contribution in [3.63, 3.8) is 0 Å². The molecule has 1 aromatic carbocycles. The molecule has 1 fully saturated rings. The molecular formula is C18H28N2O3S. The van der Waals surface area contributed by atoms with Crippen LogP contribution < -0.4 is 5.32 Å². The van der Waals surface area contributed by atoms with Crippen molar-refractivity contribution in [2.24, 2.45) is 0 Å². The van der Waals surface area contributed by atoms with Crippen molar-refractivity contribution in [3.8, 4) is 0 Å². The highest BCUT2D eigenvalue weighted by molar-refractivity contribution is 7.89. The molecule has 0 saturated carbocycles. The van der Waals surface area contributed by atoms with Crippen LogP contribution in [-0.4, -0.2) is 43.5 Å². The summed E-state index contributed by atoms with van der Waals surface area (Å²) in [5.41, 5.74) is 1.25. The average molecular weight is 353 g/mol. The summed E-state index contributed by atoms with van der Waals surface area (Å²) in [6.07, 6.45) is 4.30. The molecular weight excluding hydrogens is 324 g/mol. The molecule has 0 bridgehead atoms. The first-order chi connectivity index (χ1) is 11.5. The molecule has 6 heteroatoms. The summed E-state index contributed by atoms with van der Waals surface area (Å²) in [7, 11) is -3.11. The molecule has 1 aromatic rings. The Morgan fingerprint density at radius 3 is 2.50 bits per heavy atom. The molecule has 1 heterocycles. The van der Waals surface area contributed by atoms with Crippen molar-refractivity contribution in [3.05, 3.63) is 35.9 Å². The molecule has 0 aromatic heterocycles. The predicted octanol–water partition coefficient (Wildman–Crippen LogP) is 2.33. The van der Waals surface area contributed by atoms with Gasteiger partial charge in [-0.1, -0.05) is 37.3 Å². The fraction of sp³-hybridized carbons (Fsp3) is 0.611. The van der Waals surface area contributed by atoms with Gasteiger partial charge in [-0.15, -0.1) is 0 Å². The van der Waals surface area contributed by atoms with Gasteiger partial charge in [-0.05, 0) is 37.7 Å². The van der Waals surface area contributed by atoms with Crippen molar-refractivity contribution in [2.75, 3.05) is 18.8 Å². The van der Waals surface area contributed by atoms with Gasteiger partial charge in [0.2, 0.25) is 15.9 Å². The minimum Gasteiger partial charge on any atom is -0.353 e. The number of amides is 1. The maximum absolute atomic E-state index is 12.0. The number of carbonyl (C=O) groups excluding carboxylic acids is 1. The number of hydrogen-bond acceptors (Lipinski definition) is 3. The standard InChI is InChI=1S/C18H28N2O3S/c1-2-15-24(22,23)20-13-11-17(12-14-20)19-18(21)10-6-9-16-7-4-3-5-8-16/h3-5,7-8,17H,2,6,9-15H2,1H3,(H,19,21). The molecule has 0 aliphatic carbocycles. The highest BCUT2D eigenvalue weighted by Crippen LogP contribution is 2.15. The smallest absolute Gasteiger partial charge is 0.220 e. The van der Waals surface area contributed by atoms with Crippen molar-refractivity contribution < 1.29 is 13.2 Å². The maximum Gasteiger partial charge on any atom is 0.220 e. The molecule has 0 atom stereocenters. The largest absolute Gasteiger partial charge is 0.353 e. The van der Waals surface area contributed by atoms with Crippen molar-refractivity contribution in [2.45, 2.75) is 51.5 Å². The van der Waals surface area contributed by atoms with Crippen LogP contribution in [0.3, 0.4) is 0 Å². The summed E-state index contributed by atoms with van der Waals surface area (Å²) < 4.78 is 25.6. The molecule has 0 radical (unpaired) electrons. The number of hydrogen-bond donors (Lipinski definition) is 1. The number of sulfonamides is 1. The van der Waals surface area contributed by atoms with E-state index in [0.29, 0.717) is 38.8 Å². The van der Waals surface area contributed by atoms with Crippen molar-refractivity contribution in [1.82, 2.24) is 9.62 Å². The molecule has 1 aliphatic heterocycles. The second-order valence-corrected chi connectivity index (χ2v) is 8.48. The van der Waals surface area contributed by atoms with E-state index < -0.39 is 10.0 Å². The van der Waals surface area contributed by atoms with Crippen LogP contribution in [0, 0.1) is 0 Å². The van der Waals surface area contributed by atoms with Crippen LogP contribution in [0.2, 0.25) is 0 Å². The topological polar surface area (TPSA) is 66.5 Å². The van der Waals surface area contributed by atoms with Crippen LogP contribution in [0.1, 0.15) is 44.6 Å². The fourth-order valence-electron chi connectivity index (χ4n) is 3.06. The Balaban J connectivity index is 1.67. The molecule has 24 heavy (non-hydrogen) atoms. The molecule has 134 valence electrons. The van der Waals surface area contributed by atoms with E-state index in [4.69, 9.17) is 0 Å². The second kappa shape index (κ2) is 9.18. The lowest BCUT2D eigenvalue weighted by Crippen LogP contribution is -2.47. The number of benzene rings is 1. The minimum atomic E-state index is -3.11. The number of nitrogens with zero attached hydrogens (tertiary/aromatic N) is 1. The monoisotopic (exact) mass is 352 g/mol. The van der Waals surface area contributed by atoms with Gasteiger partial charge in [0, 0.05) is 25.6 Å². The van der Waals surface area contributed by atoms with Gasteiger partial charge in [-0.25, -0.2) is 12.7 Å². The zero-order valence-corrected chi connectivity index (χ0v) is 15.2. The lowest BCUT2D eigenvalue weighted by Gasteiger charge is -2.31. The zero-order valence-electron chi connectivity index (χ0n) is 14.4. The summed E-state index contributed by atoms with van der Waals surface area (Å²) in [5, 5.41) is 3.05. The van der Waals surface area contributed by atoms with Crippen LogP contribution in [0.4, 0.5) is 0 Å². The summed E-state index contributed by atoms with van der Waals surface area (Å²) in [6.45, 7) is 2.90. The lowest BCUT2D eigenvalue weighted by atomic mass is 10.1. The molecule has 0 unspecified atom stereocenters. The summed E-state index contributed by atoms with van der Waals surface area (Å²) in [4.78, 5) is 12.0. The van der Waals surface area contributed by atoms with Gasteiger partial charge in [0.05, 0.1) is 5.75 Å². The molecule has 0 spiro atoms. The highest BCUT2D eigenvalue weighted by atomic mass is 32.2. The number of piperidine rings is 1. The first-order valence-electron chi connectivity index (χ1n) is 8.82. The Kier molecular flexibility index (Phi) is 7.24. The van der Waals surface area contributed by atoms with Crippen molar-refractivity contribution in [1.29, 1.82) is 0 Å². The Morgan fingerprint density at radius 1 is 1.21 bits per heavy atom. The Morgan fingerprint density at radius 2 is 1.88 bits per heavy atom. The molecule has 2 rings (SSSR count). The Bertz CT molecular complexity index is 608. The molecule has 1 amide bonds. The predicted molar refractivity (Wildman–Crippen MR) is 96.2 cm³/mol. The van der Waals surface area contributed by atoms with E-state index >= 15 is 0 Å². The second-order valence-electron chi connectivity index (χ2n) is 6.40. The van der Waals surface area contributed by atoms with Gasteiger partial charge in [0.1, 0.15) is 0 Å². The van der Waals surface area contributed by atoms with E-state index in [9.17, 15) is 13.2 Å². The van der Waals surface area contributed by atoms with E-state index in [1.54, 1.807) is 4.31 Å². The Hall–Kier alpha value is -1.40. The first-order valence-corrected chi connectivity index (χ1v) is 10.4.